The summed E-state index contributed by atoms with van der Waals surface area (Å²) >= 11 is 1.71. The average molecular weight is 292 g/mol. The van der Waals surface area contributed by atoms with E-state index in [4.69, 9.17) is 0 Å². The summed E-state index contributed by atoms with van der Waals surface area (Å²) in [5, 5.41) is 7.63. The van der Waals surface area contributed by atoms with Crippen LogP contribution in [0.4, 0.5) is 0 Å². The van der Waals surface area contributed by atoms with E-state index >= 15 is 0 Å². The molecule has 1 aromatic heterocycles. The van der Waals surface area contributed by atoms with Crippen LogP contribution in [0.15, 0.2) is 16.8 Å². The highest BCUT2D eigenvalue weighted by Crippen LogP contribution is 2.35. The molecular formula is C16H24N2OS. The van der Waals surface area contributed by atoms with Crippen LogP contribution in [0.5, 0.6) is 0 Å². The van der Waals surface area contributed by atoms with Crippen LogP contribution in [-0.2, 0) is 4.79 Å². The summed E-state index contributed by atoms with van der Waals surface area (Å²) in [6, 6.07) is 2.58. The number of hydrogen-bond acceptors (Lipinski definition) is 3. The summed E-state index contributed by atoms with van der Waals surface area (Å²) in [4.78, 5) is 14.4. The largest absolute Gasteiger partial charge is 0.319 e. The van der Waals surface area contributed by atoms with Crippen molar-refractivity contribution in [2.24, 2.45) is 5.92 Å². The van der Waals surface area contributed by atoms with Crippen molar-refractivity contribution in [2.75, 3.05) is 6.54 Å². The first-order valence-electron chi connectivity index (χ1n) is 7.86. The van der Waals surface area contributed by atoms with Gasteiger partial charge in [-0.3, -0.25) is 10.1 Å². The second kappa shape index (κ2) is 6.27. The molecule has 1 saturated carbocycles. The summed E-state index contributed by atoms with van der Waals surface area (Å²) < 4.78 is 0. The van der Waals surface area contributed by atoms with Crippen molar-refractivity contribution in [3.05, 3.63) is 22.4 Å². The van der Waals surface area contributed by atoms with Crippen molar-refractivity contribution in [1.29, 1.82) is 0 Å². The Morgan fingerprint density at radius 2 is 2.15 bits per heavy atom. The van der Waals surface area contributed by atoms with Crippen molar-refractivity contribution >= 4 is 17.2 Å². The molecule has 2 heterocycles. The highest BCUT2D eigenvalue weighted by molar-refractivity contribution is 7.07. The van der Waals surface area contributed by atoms with Crippen LogP contribution < -0.4 is 5.32 Å². The van der Waals surface area contributed by atoms with Crippen molar-refractivity contribution < 1.29 is 4.79 Å². The fourth-order valence-corrected chi connectivity index (χ4v) is 4.44. The van der Waals surface area contributed by atoms with Gasteiger partial charge in [0.2, 0.25) is 5.91 Å². The third-order valence-corrected chi connectivity index (χ3v) is 5.48. The van der Waals surface area contributed by atoms with E-state index < -0.39 is 0 Å². The minimum atomic E-state index is 0.112. The molecule has 2 fully saturated rings. The SMILES string of the molecule is CCCC1CCC(N2C(=O)CNC2c2ccsc2)CC1. The van der Waals surface area contributed by atoms with Gasteiger partial charge in [-0.15, -0.1) is 0 Å². The molecule has 2 aliphatic rings. The zero-order valence-electron chi connectivity index (χ0n) is 12.2. The van der Waals surface area contributed by atoms with Crippen molar-refractivity contribution in [1.82, 2.24) is 10.2 Å². The molecule has 0 aromatic carbocycles. The van der Waals surface area contributed by atoms with Crippen LogP contribution in [0.3, 0.4) is 0 Å². The van der Waals surface area contributed by atoms with Gasteiger partial charge in [0.1, 0.15) is 6.17 Å². The van der Waals surface area contributed by atoms with Gasteiger partial charge < -0.3 is 4.90 Å². The molecule has 3 nitrogen and oxygen atoms in total. The van der Waals surface area contributed by atoms with Crippen LogP contribution >= 0.6 is 11.3 Å². The molecule has 0 radical (unpaired) electrons. The Kier molecular flexibility index (Phi) is 4.41. The maximum atomic E-state index is 12.3. The number of amides is 1. The normalized spacial score (nSPS) is 30.9. The maximum Gasteiger partial charge on any atom is 0.238 e. The molecule has 4 heteroatoms. The van der Waals surface area contributed by atoms with Gasteiger partial charge in [0.05, 0.1) is 6.54 Å². The third kappa shape index (κ3) is 2.77. The van der Waals surface area contributed by atoms with Crippen LogP contribution in [0.2, 0.25) is 0 Å². The van der Waals surface area contributed by atoms with Crippen molar-refractivity contribution in [2.45, 2.75) is 57.7 Å². The van der Waals surface area contributed by atoms with Crippen molar-refractivity contribution in [3.63, 3.8) is 0 Å². The standard InChI is InChI=1S/C16H24N2OS/c1-2-3-12-4-6-14(7-5-12)18-15(19)10-17-16(18)13-8-9-20-11-13/h8-9,11-12,14,16-17H,2-7,10H2,1H3. The van der Waals surface area contributed by atoms with Crippen molar-refractivity contribution in [3.8, 4) is 0 Å². The summed E-state index contributed by atoms with van der Waals surface area (Å²) in [5.74, 6) is 1.17. The topological polar surface area (TPSA) is 32.3 Å². The second-order valence-corrected chi connectivity index (χ2v) is 6.88. The molecule has 110 valence electrons. The first-order valence-corrected chi connectivity index (χ1v) is 8.80. The quantitative estimate of drug-likeness (QED) is 0.920. The molecule has 1 atom stereocenters. The number of carbonyl (C=O) groups excluding carboxylic acids is 1. The zero-order chi connectivity index (χ0) is 13.9. The van der Waals surface area contributed by atoms with Crippen LogP contribution in [0.25, 0.3) is 0 Å². The summed E-state index contributed by atoms with van der Waals surface area (Å²) in [6.07, 6.45) is 7.69. The molecule has 1 aliphatic carbocycles. The summed E-state index contributed by atoms with van der Waals surface area (Å²) in [6.45, 7) is 2.77. The summed E-state index contributed by atoms with van der Waals surface area (Å²) in [5.41, 5.74) is 1.25. The zero-order valence-corrected chi connectivity index (χ0v) is 13.0. The molecule has 1 amide bonds. The average Bonchev–Trinajstić information content (AvgIpc) is 3.09. The molecule has 20 heavy (non-hydrogen) atoms. The lowest BCUT2D eigenvalue weighted by Gasteiger charge is -2.37. The third-order valence-electron chi connectivity index (χ3n) is 4.78. The van der Waals surface area contributed by atoms with Gasteiger partial charge in [-0.25, -0.2) is 0 Å². The molecule has 0 bridgehead atoms. The van der Waals surface area contributed by atoms with Crippen LogP contribution in [0, 0.1) is 5.92 Å². The Bertz CT molecular complexity index is 437. The molecule has 1 N–H and O–H groups in total. The lowest BCUT2D eigenvalue weighted by Crippen LogP contribution is -2.41. The minimum absolute atomic E-state index is 0.112. The predicted molar refractivity (Wildman–Crippen MR) is 82.6 cm³/mol. The molecular weight excluding hydrogens is 268 g/mol. The number of thiophene rings is 1. The van der Waals surface area contributed by atoms with E-state index in [0.29, 0.717) is 12.6 Å². The first-order chi connectivity index (χ1) is 9.79. The Hall–Kier alpha value is -0.870. The highest BCUT2D eigenvalue weighted by atomic mass is 32.1. The van der Waals surface area contributed by atoms with Gasteiger partial charge in [-0.05, 0) is 54.0 Å². The maximum absolute atomic E-state index is 12.3. The van der Waals surface area contributed by atoms with E-state index in [0.717, 1.165) is 5.92 Å². The minimum Gasteiger partial charge on any atom is -0.319 e. The molecule has 3 rings (SSSR count). The van der Waals surface area contributed by atoms with Gasteiger partial charge in [0.25, 0.3) is 0 Å². The van der Waals surface area contributed by atoms with E-state index in [1.54, 1.807) is 11.3 Å². The number of carbonyl (C=O) groups is 1. The smallest absolute Gasteiger partial charge is 0.238 e. The molecule has 1 saturated heterocycles. The van der Waals surface area contributed by atoms with Gasteiger partial charge >= 0.3 is 0 Å². The van der Waals surface area contributed by atoms with E-state index in [9.17, 15) is 4.79 Å². The molecule has 0 spiro atoms. The lowest BCUT2D eigenvalue weighted by atomic mass is 9.83. The number of hydrogen-bond donors (Lipinski definition) is 1. The van der Waals surface area contributed by atoms with E-state index in [1.807, 2.05) is 0 Å². The fraction of sp³-hybridized carbons (Fsp3) is 0.688. The van der Waals surface area contributed by atoms with E-state index in [1.165, 1.54) is 44.1 Å². The number of rotatable bonds is 4. The molecule has 1 unspecified atom stereocenters. The predicted octanol–water partition coefficient (Wildman–Crippen LogP) is 3.54. The number of nitrogens with one attached hydrogen (secondary N) is 1. The number of nitrogens with zero attached hydrogens (tertiary/aromatic N) is 1. The Morgan fingerprint density at radius 3 is 2.80 bits per heavy atom. The van der Waals surface area contributed by atoms with Gasteiger partial charge in [0.15, 0.2) is 0 Å². The summed E-state index contributed by atoms with van der Waals surface area (Å²) in [7, 11) is 0. The van der Waals surface area contributed by atoms with Gasteiger partial charge in [-0.2, -0.15) is 11.3 Å². The Morgan fingerprint density at radius 1 is 1.35 bits per heavy atom. The van der Waals surface area contributed by atoms with E-state index in [-0.39, 0.29) is 12.1 Å². The second-order valence-electron chi connectivity index (χ2n) is 6.10. The van der Waals surface area contributed by atoms with Crippen LogP contribution in [-0.4, -0.2) is 23.4 Å². The monoisotopic (exact) mass is 292 g/mol. The molecule has 1 aromatic rings. The first kappa shape index (κ1) is 14.1. The van der Waals surface area contributed by atoms with E-state index in [2.05, 4.69) is 34.0 Å². The Balaban J connectivity index is 1.67. The highest BCUT2D eigenvalue weighted by Gasteiger charge is 2.38. The lowest BCUT2D eigenvalue weighted by molar-refractivity contribution is -0.131. The van der Waals surface area contributed by atoms with Gasteiger partial charge in [-0.1, -0.05) is 19.8 Å². The van der Waals surface area contributed by atoms with Crippen LogP contribution in [0.1, 0.15) is 57.2 Å². The van der Waals surface area contributed by atoms with Gasteiger partial charge in [0, 0.05) is 6.04 Å². The molecule has 1 aliphatic heterocycles. The fourth-order valence-electron chi connectivity index (χ4n) is 3.76. The Labute approximate surface area is 125 Å².